The molecule has 1 N–H and O–H groups in total. The Hall–Kier alpha value is -1.82. The number of hydrogen-bond donors (Lipinski definition) is 1. The third kappa shape index (κ3) is 4.58. The highest BCUT2D eigenvalue weighted by Gasteiger charge is 2.32. The number of carbonyl (C=O) groups is 1. The minimum Gasteiger partial charge on any atom is -0.405 e. The fourth-order valence-corrected chi connectivity index (χ4v) is 1.29. The van der Waals surface area contributed by atoms with Crippen LogP contribution in [-0.4, -0.2) is 25.2 Å². The van der Waals surface area contributed by atoms with Crippen molar-refractivity contribution in [2.45, 2.75) is 6.36 Å². The van der Waals surface area contributed by atoms with Gasteiger partial charge in [-0.25, -0.2) is 0 Å². The molecule has 0 aliphatic carbocycles. The fraction of sp³-hybridized carbons (Fsp3) is 0.250. The van der Waals surface area contributed by atoms with Crippen LogP contribution in [0.4, 0.5) is 13.2 Å². The Morgan fingerprint density at radius 3 is 2.67 bits per heavy atom. The minimum atomic E-state index is -4.81. The molecule has 0 amide bonds. The van der Waals surface area contributed by atoms with Crippen LogP contribution in [0.3, 0.4) is 0 Å². The second kappa shape index (κ2) is 6.20. The summed E-state index contributed by atoms with van der Waals surface area (Å²) in [5, 5.41) is 2.72. The SMILES string of the molecule is C=CCNCC(=O)c1ccccc1OC(F)(F)F. The largest absolute Gasteiger partial charge is 0.573 e. The average Bonchev–Trinajstić information content (AvgIpc) is 2.27. The highest BCUT2D eigenvalue weighted by Crippen LogP contribution is 2.26. The van der Waals surface area contributed by atoms with Crippen molar-refractivity contribution in [3.8, 4) is 5.75 Å². The molecule has 98 valence electrons. The summed E-state index contributed by atoms with van der Waals surface area (Å²) in [5.74, 6) is -0.966. The molecule has 0 saturated carbocycles. The van der Waals surface area contributed by atoms with Gasteiger partial charge in [0.2, 0.25) is 0 Å². The Balaban J connectivity index is 2.81. The smallest absolute Gasteiger partial charge is 0.405 e. The first-order valence-corrected chi connectivity index (χ1v) is 5.13. The quantitative estimate of drug-likeness (QED) is 0.484. The maximum atomic E-state index is 12.1. The summed E-state index contributed by atoms with van der Waals surface area (Å²) in [4.78, 5) is 11.7. The zero-order valence-electron chi connectivity index (χ0n) is 9.46. The van der Waals surface area contributed by atoms with Gasteiger partial charge in [0.05, 0.1) is 12.1 Å². The van der Waals surface area contributed by atoms with Gasteiger partial charge in [0, 0.05) is 6.54 Å². The van der Waals surface area contributed by atoms with Crippen molar-refractivity contribution in [1.29, 1.82) is 0 Å². The Morgan fingerprint density at radius 2 is 2.06 bits per heavy atom. The molecule has 0 unspecified atom stereocenters. The fourth-order valence-electron chi connectivity index (χ4n) is 1.29. The van der Waals surface area contributed by atoms with Gasteiger partial charge in [0.1, 0.15) is 5.75 Å². The van der Waals surface area contributed by atoms with Crippen LogP contribution in [0.25, 0.3) is 0 Å². The van der Waals surface area contributed by atoms with E-state index in [-0.39, 0.29) is 12.1 Å². The average molecular weight is 259 g/mol. The lowest BCUT2D eigenvalue weighted by atomic mass is 10.1. The summed E-state index contributed by atoms with van der Waals surface area (Å²) in [6.07, 6.45) is -3.27. The Kier molecular flexibility index (Phi) is 4.91. The number of halogens is 3. The molecule has 0 saturated heterocycles. The van der Waals surface area contributed by atoms with Crippen LogP contribution in [0, 0.1) is 0 Å². The van der Waals surface area contributed by atoms with Crippen molar-refractivity contribution in [1.82, 2.24) is 5.32 Å². The normalized spacial score (nSPS) is 11.1. The van der Waals surface area contributed by atoms with Gasteiger partial charge in [-0.05, 0) is 12.1 Å². The zero-order valence-corrected chi connectivity index (χ0v) is 9.46. The van der Waals surface area contributed by atoms with Crippen LogP contribution < -0.4 is 10.1 Å². The van der Waals surface area contributed by atoms with Crippen LogP contribution in [0.1, 0.15) is 10.4 Å². The lowest BCUT2D eigenvalue weighted by Crippen LogP contribution is -2.25. The lowest BCUT2D eigenvalue weighted by Gasteiger charge is -2.12. The van der Waals surface area contributed by atoms with Gasteiger partial charge in [0.25, 0.3) is 0 Å². The summed E-state index contributed by atoms with van der Waals surface area (Å²) in [6.45, 7) is 3.77. The second-order valence-electron chi connectivity index (χ2n) is 3.39. The summed E-state index contributed by atoms with van der Waals surface area (Å²) in [6, 6.07) is 5.24. The van der Waals surface area contributed by atoms with Crippen molar-refractivity contribution in [2.24, 2.45) is 0 Å². The molecule has 0 spiro atoms. The molecule has 0 bridgehead atoms. The van der Waals surface area contributed by atoms with Crippen molar-refractivity contribution in [3.63, 3.8) is 0 Å². The molecule has 6 heteroatoms. The van der Waals surface area contributed by atoms with Gasteiger partial charge >= 0.3 is 6.36 Å². The molecule has 0 radical (unpaired) electrons. The topological polar surface area (TPSA) is 38.3 Å². The van der Waals surface area contributed by atoms with E-state index in [4.69, 9.17) is 0 Å². The molecule has 18 heavy (non-hydrogen) atoms. The van der Waals surface area contributed by atoms with E-state index >= 15 is 0 Å². The highest BCUT2D eigenvalue weighted by molar-refractivity contribution is 6.00. The first-order valence-electron chi connectivity index (χ1n) is 5.13. The standard InChI is InChI=1S/C12H12F3NO2/c1-2-7-16-8-10(17)9-5-3-4-6-11(9)18-12(13,14)15/h2-6,16H,1,7-8H2. The van der Waals surface area contributed by atoms with E-state index in [0.717, 1.165) is 6.07 Å². The number of alkyl halides is 3. The van der Waals surface area contributed by atoms with Crippen molar-refractivity contribution in [3.05, 3.63) is 42.5 Å². The van der Waals surface area contributed by atoms with Crippen LogP contribution in [0.15, 0.2) is 36.9 Å². The highest BCUT2D eigenvalue weighted by atomic mass is 19.4. The maximum absolute atomic E-state index is 12.1. The van der Waals surface area contributed by atoms with E-state index in [0.29, 0.717) is 6.54 Å². The summed E-state index contributed by atoms with van der Waals surface area (Å²) in [7, 11) is 0. The monoisotopic (exact) mass is 259 g/mol. The van der Waals surface area contributed by atoms with Gasteiger partial charge in [-0.2, -0.15) is 0 Å². The van der Waals surface area contributed by atoms with Crippen molar-refractivity contribution < 1.29 is 22.7 Å². The predicted molar refractivity (Wildman–Crippen MR) is 60.5 cm³/mol. The summed E-state index contributed by atoms with van der Waals surface area (Å²) < 4.78 is 40.2. The minimum absolute atomic E-state index is 0.0791. The number of hydrogen-bond acceptors (Lipinski definition) is 3. The van der Waals surface area contributed by atoms with E-state index in [1.54, 1.807) is 6.08 Å². The van der Waals surface area contributed by atoms with E-state index in [1.807, 2.05) is 0 Å². The van der Waals surface area contributed by atoms with Gasteiger partial charge < -0.3 is 10.1 Å². The molecule has 0 aliphatic rings. The molecule has 0 aromatic heterocycles. The number of rotatable bonds is 6. The van der Waals surface area contributed by atoms with E-state index in [9.17, 15) is 18.0 Å². The summed E-state index contributed by atoms with van der Waals surface area (Å²) in [5.41, 5.74) is -0.105. The number of Topliss-reactive ketones (excluding diaryl/α,β-unsaturated/α-hetero) is 1. The van der Waals surface area contributed by atoms with E-state index in [2.05, 4.69) is 16.6 Å². The Bertz CT molecular complexity index is 430. The van der Waals surface area contributed by atoms with Gasteiger partial charge in [-0.3, -0.25) is 4.79 Å². The number of ketones is 1. The van der Waals surface area contributed by atoms with Crippen LogP contribution in [-0.2, 0) is 0 Å². The first-order chi connectivity index (χ1) is 8.44. The molecule has 1 aromatic rings. The molecule has 0 heterocycles. The number of carbonyl (C=O) groups excluding carboxylic acids is 1. The number of benzene rings is 1. The van der Waals surface area contributed by atoms with Crippen molar-refractivity contribution in [2.75, 3.05) is 13.1 Å². The summed E-state index contributed by atoms with van der Waals surface area (Å²) >= 11 is 0. The van der Waals surface area contributed by atoms with E-state index < -0.39 is 17.9 Å². The van der Waals surface area contributed by atoms with Crippen molar-refractivity contribution >= 4 is 5.78 Å². The second-order valence-corrected chi connectivity index (χ2v) is 3.39. The Morgan fingerprint density at radius 1 is 1.39 bits per heavy atom. The number of ether oxygens (including phenoxy) is 1. The number of para-hydroxylation sites is 1. The van der Waals surface area contributed by atoms with Gasteiger partial charge in [-0.15, -0.1) is 19.8 Å². The molecule has 0 aliphatic heterocycles. The van der Waals surface area contributed by atoms with Crippen LogP contribution >= 0.6 is 0 Å². The molecule has 1 rings (SSSR count). The molecular weight excluding hydrogens is 247 g/mol. The van der Waals surface area contributed by atoms with Gasteiger partial charge in [0.15, 0.2) is 5.78 Å². The molecule has 0 atom stereocenters. The van der Waals surface area contributed by atoms with Crippen LogP contribution in [0.5, 0.6) is 5.75 Å². The maximum Gasteiger partial charge on any atom is 0.573 e. The van der Waals surface area contributed by atoms with Crippen LogP contribution in [0.2, 0.25) is 0 Å². The molecular formula is C12H12F3NO2. The first kappa shape index (κ1) is 14.2. The predicted octanol–water partition coefficient (Wildman–Crippen LogP) is 2.54. The number of nitrogens with one attached hydrogen (secondary N) is 1. The van der Waals surface area contributed by atoms with Gasteiger partial charge in [-0.1, -0.05) is 18.2 Å². The lowest BCUT2D eigenvalue weighted by molar-refractivity contribution is -0.274. The third-order valence-electron chi connectivity index (χ3n) is 1.99. The molecule has 1 aromatic carbocycles. The Labute approximate surface area is 102 Å². The third-order valence-corrected chi connectivity index (χ3v) is 1.99. The zero-order chi connectivity index (χ0) is 13.6. The molecule has 3 nitrogen and oxygen atoms in total. The molecule has 0 fully saturated rings. The van der Waals surface area contributed by atoms with E-state index in [1.165, 1.54) is 18.2 Å².